The molecular weight excluding hydrogens is 306 g/mol. The zero-order chi connectivity index (χ0) is 17.5. The van der Waals surface area contributed by atoms with Gasteiger partial charge in [-0.15, -0.1) is 0 Å². The Morgan fingerprint density at radius 1 is 1.08 bits per heavy atom. The molecule has 2 rings (SSSR count). The minimum atomic E-state index is -0.415. The van der Waals surface area contributed by atoms with Crippen molar-refractivity contribution in [1.29, 1.82) is 0 Å². The molecule has 24 heavy (non-hydrogen) atoms. The fourth-order valence-electron chi connectivity index (χ4n) is 1.95. The largest absolute Gasteiger partial charge is 0.465 e. The van der Waals surface area contributed by atoms with Crippen molar-refractivity contribution in [3.8, 4) is 0 Å². The van der Waals surface area contributed by atoms with Crippen LogP contribution in [0, 0.1) is 5.92 Å². The number of amides is 1. The van der Waals surface area contributed by atoms with E-state index in [1.54, 1.807) is 36.4 Å². The first-order valence-corrected chi connectivity index (χ1v) is 7.69. The molecule has 6 heteroatoms. The van der Waals surface area contributed by atoms with Gasteiger partial charge in [0.1, 0.15) is 5.82 Å². The summed E-state index contributed by atoms with van der Waals surface area (Å²) in [6, 6.07) is 9.98. The second kappa shape index (κ2) is 8.10. The van der Waals surface area contributed by atoms with Gasteiger partial charge in [-0.05, 0) is 42.3 Å². The third-order valence-corrected chi connectivity index (χ3v) is 3.28. The summed E-state index contributed by atoms with van der Waals surface area (Å²) in [6.07, 6.45) is 1.53. The summed E-state index contributed by atoms with van der Waals surface area (Å²) in [5, 5.41) is 5.96. The number of ether oxygens (including phenoxy) is 1. The van der Waals surface area contributed by atoms with Crippen LogP contribution < -0.4 is 10.6 Å². The summed E-state index contributed by atoms with van der Waals surface area (Å²) in [4.78, 5) is 27.8. The minimum Gasteiger partial charge on any atom is -0.465 e. The Kier molecular flexibility index (Phi) is 5.89. The Balaban J connectivity index is 1.97. The number of nitrogens with zero attached hydrogens (tertiary/aromatic N) is 1. The number of hydrogen-bond acceptors (Lipinski definition) is 5. The van der Waals surface area contributed by atoms with Crippen LogP contribution in [0.25, 0.3) is 0 Å². The molecule has 0 saturated heterocycles. The number of esters is 1. The number of anilines is 2. The highest BCUT2D eigenvalue weighted by Gasteiger charge is 2.09. The Hall–Kier alpha value is -2.89. The van der Waals surface area contributed by atoms with Gasteiger partial charge in [-0.1, -0.05) is 13.8 Å². The number of pyridine rings is 1. The van der Waals surface area contributed by atoms with Crippen molar-refractivity contribution in [2.75, 3.05) is 24.3 Å². The molecule has 1 aromatic heterocycles. The molecule has 1 aromatic carbocycles. The molecule has 126 valence electrons. The number of benzene rings is 1. The van der Waals surface area contributed by atoms with Gasteiger partial charge in [-0.3, -0.25) is 4.79 Å². The van der Waals surface area contributed by atoms with Crippen LogP contribution in [0.3, 0.4) is 0 Å². The maximum absolute atomic E-state index is 12.2. The fraction of sp³-hybridized carbons (Fsp3) is 0.278. The SMILES string of the molecule is COC(=O)c1ccc(NC(=O)c2ccc(NCC(C)C)nc2)cc1. The highest BCUT2D eigenvalue weighted by atomic mass is 16.5. The van der Waals surface area contributed by atoms with Crippen LogP contribution in [0.15, 0.2) is 42.6 Å². The van der Waals surface area contributed by atoms with Crippen molar-refractivity contribution >= 4 is 23.4 Å². The van der Waals surface area contributed by atoms with Crippen molar-refractivity contribution in [2.24, 2.45) is 5.92 Å². The topological polar surface area (TPSA) is 80.3 Å². The number of carbonyl (C=O) groups is 2. The van der Waals surface area contributed by atoms with Gasteiger partial charge < -0.3 is 15.4 Å². The summed E-state index contributed by atoms with van der Waals surface area (Å²) in [6.45, 7) is 5.05. The summed E-state index contributed by atoms with van der Waals surface area (Å²) in [5.41, 5.74) is 1.48. The monoisotopic (exact) mass is 327 g/mol. The van der Waals surface area contributed by atoms with Gasteiger partial charge in [0.25, 0.3) is 5.91 Å². The maximum atomic E-state index is 12.2. The standard InChI is InChI=1S/C18H21N3O3/c1-12(2)10-19-16-9-6-14(11-20-16)17(22)21-15-7-4-13(5-8-15)18(23)24-3/h4-9,11-12H,10H2,1-3H3,(H,19,20)(H,21,22). The summed E-state index contributed by atoms with van der Waals surface area (Å²) < 4.78 is 4.63. The average Bonchev–Trinajstić information content (AvgIpc) is 2.60. The van der Waals surface area contributed by atoms with Crippen molar-refractivity contribution < 1.29 is 14.3 Å². The number of carbonyl (C=O) groups excluding carboxylic acids is 2. The molecule has 0 aliphatic rings. The van der Waals surface area contributed by atoms with Crippen molar-refractivity contribution in [2.45, 2.75) is 13.8 Å². The molecule has 0 fully saturated rings. The van der Waals surface area contributed by atoms with Crippen molar-refractivity contribution in [1.82, 2.24) is 4.98 Å². The van der Waals surface area contributed by atoms with Crippen LogP contribution in [-0.4, -0.2) is 30.5 Å². The summed E-state index contributed by atoms with van der Waals surface area (Å²) in [7, 11) is 1.32. The first kappa shape index (κ1) is 17.5. The van der Waals surface area contributed by atoms with Gasteiger partial charge in [0.15, 0.2) is 0 Å². The molecule has 0 radical (unpaired) electrons. The second-order valence-corrected chi connectivity index (χ2v) is 5.73. The molecule has 0 unspecified atom stereocenters. The van der Waals surface area contributed by atoms with E-state index in [0.29, 0.717) is 22.7 Å². The fourth-order valence-corrected chi connectivity index (χ4v) is 1.95. The molecule has 6 nitrogen and oxygen atoms in total. The van der Waals surface area contributed by atoms with Crippen LogP contribution in [0.4, 0.5) is 11.5 Å². The predicted octanol–water partition coefficient (Wildman–Crippen LogP) is 3.19. The quantitative estimate of drug-likeness (QED) is 0.797. The van der Waals surface area contributed by atoms with E-state index in [4.69, 9.17) is 0 Å². The van der Waals surface area contributed by atoms with E-state index in [1.807, 2.05) is 0 Å². The van der Waals surface area contributed by atoms with E-state index in [9.17, 15) is 9.59 Å². The summed E-state index contributed by atoms with van der Waals surface area (Å²) >= 11 is 0. The van der Waals surface area contributed by atoms with E-state index in [2.05, 4.69) is 34.2 Å². The number of methoxy groups -OCH3 is 1. The summed E-state index contributed by atoms with van der Waals surface area (Å²) in [5.74, 6) is 0.579. The Morgan fingerprint density at radius 2 is 1.75 bits per heavy atom. The first-order valence-electron chi connectivity index (χ1n) is 7.69. The third-order valence-electron chi connectivity index (χ3n) is 3.28. The lowest BCUT2D eigenvalue weighted by Crippen LogP contribution is -2.13. The second-order valence-electron chi connectivity index (χ2n) is 5.73. The van der Waals surface area contributed by atoms with Gasteiger partial charge in [-0.25, -0.2) is 9.78 Å². The van der Waals surface area contributed by atoms with Gasteiger partial charge in [0.05, 0.1) is 18.2 Å². The Morgan fingerprint density at radius 3 is 2.29 bits per heavy atom. The molecule has 0 aliphatic carbocycles. The Bertz CT molecular complexity index is 694. The molecule has 0 bridgehead atoms. The number of aromatic nitrogens is 1. The lowest BCUT2D eigenvalue weighted by molar-refractivity contribution is 0.0600. The Labute approximate surface area is 141 Å². The smallest absolute Gasteiger partial charge is 0.337 e. The normalized spacial score (nSPS) is 10.3. The molecule has 1 amide bonds. The number of rotatable bonds is 6. The highest BCUT2D eigenvalue weighted by molar-refractivity contribution is 6.04. The van der Waals surface area contributed by atoms with E-state index in [1.165, 1.54) is 13.3 Å². The van der Waals surface area contributed by atoms with Gasteiger partial charge in [0, 0.05) is 18.4 Å². The van der Waals surface area contributed by atoms with Crippen molar-refractivity contribution in [3.05, 3.63) is 53.7 Å². The molecule has 0 aliphatic heterocycles. The third kappa shape index (κ3) is 4.81. The van der Waals surface area contributed by atoms with Gasteiger partial charge >= 0.3 is 5.97 Å². The van der Waals surface area contributed by atoms with Crippen LogP contribution in [0.2, 0.25) is 0 Å². The predicted molar refractivity (Wildman–Crippen MR) is 93.3 cm³/mol. The minimum absolute atomic E-state index is 0.260. The average molecular weight is 327 g/mol. The maximum Gasteiger partial charge on any atom is 0.337 e. The van der Waals surface area contributed by atoms with E-state index >= 15 is 0 Å². The highest BCUT2D eigenvalue weighted by Crippen LogP contribution is 2.13. The van der Waals surface area contributed by atoms with Crippen LogP contribution in [0.1, 0.15) is 34.6 Å². The van der Waals surface area contributed by atoms with E-state index in [-0.39, 0.29) is 5.91 Å². The van der Waals surface area contributed by atoms with Gasteiger partial charge in [-0.2, -0.15) is 0 Å². The van der Waals surface area contributed by atoms with Crippen LogP contribution >= 0.6 is 0 Å². The molecule has 0 saturated carbocycles. The molecule has 0 spiro atoms. The van der Waals surface area contributed by atoms with E-state index < -0.39 is 5.97 Å². The van der Waals surface area contributed by atoms with Crippen molar-refractivity contribution in [3.63, 3.8) is 0 Å². The van der Waals surface area contributed by atoms with Gasteiger partial charge in [0.2, 0.25) is 0 Å². The zero-order valence-corrected chi connectivity index (χ0v) is 14.0. The lowest BCUT2D eigenvalue weighted by Gasteiger charge is -2.09. The first-order chi connectivity index (χ1) is 11.5. The molecule has 1 heterocycles. The molecule has 0 atom stereocenters. The number of hydrogen-bond donors (Lipinski definition) is 2. The van der Waals surface area contributed by atoms with Crippen LogP contribution in [-0.2, 0) is 4.74 Å². The zero-order valence-electron chi connectivity index (χ0n) is 14.0. The van der Waals surface area contributed by atoms with E-state index in [0.717, 1.165) is 12.4 Å². The molecule has 2 aromatic rings. The molecular formula is C18H21N3O3. The molecule has 2 N–H and O–H groups in total. The van der Waals surface area contributed by atoms with Crippen LogP contribution in [0.5, 0.6) is 0 Å². The number of nitrogens with one attached hydrogen (secondary N) is 2. The lowest BCUT2D eigenvalue weighted by atomic mass is 10.2.